The number of rotatable bonds is 8. The number of benzene rings is 1. The number of carbonyl (C=O) groups excluding carboxylic acids is 1. The van der Waals surface area contributed by atoms with E-state index in [4.69, 9.17) is 4.74 Å². The molecule has 0 saturated carbocycles. The van der Waals surface area contributed by atoms with Crippen molar-refractivity contribution >= 4 is 17.7 Å². The van der Waals surface area contributed by atoms with E-state index in [0.717, 1.165) is 25.0 Å². The van der Waals surface area contributed by atoms with Gasteiger partial charge in [0, 0.05) is 24.3 Å². The van der Waals surface area contributed by atoms with Crippen molar-refractivity contribution in [1.82, 2.24) is 19.7 Å². The van der Waals surface area contributed by atoms with Gasteiger partial charge in [-0.2, -0.15) is 0 Å². The van der Waals surface area contributed by atoms with Gasteiger partial charge in [0.2, 0.25) is 5.91 Å². The first-order valence-electron chi connectivity index (χ1n) is 10.1. The van der Waals surface area contributed by atoms with Gasteiger partial charge in [0.05, 0.1) is 18.4 Å². The first kappa shape index (κ1) is 21.8. The van der Waals surface area contributed by atoms with E-state index in [1.807, 2.05) is 37.2 Å². The second-order valence-electron chi connectivity index (χ2n) is 7.84. The molecule has 0 aliphatic carbocycles. The Hall–Kier alpha value is -1.93. The number of amides is 1. The van der Waals surface area contributed by atoms with Crippen LogP contribution in [0.5, 0.6) is 0 Å². The minimum atomic E-state index is -0.290. The standard InChI is InChI=1S/C21H29FN4O2S/c1-14(2)26(15(3)4)19(27)13-29-21-24-23-20(16-7-9-17(22)10-8-16)25(21)12-18-6-5-11-28-18/h7-10,14-15,18H,5-6,11-13H2,1-4H3/t18-/m0/s1. The Morgan fingerprint density at radius 1 is 1.24 bits per heavy atom. The number of ether oxygens (including phenoxy) is 1. The molecule has 0 unspecified atom stereocenters. The summed E-state index contributed by atoms with van der Waals surface area (Å²) in [4.78, 5) is 14.6. The van der Waals surface area contributed by atoms with E-state index in [2.05, 4.69) is 10.2 Å². The predicted octanol–water partition coefficient (Wildman–Crippen LogP) is 4.00. The zero-order chi connectivity index (χ0) is 21.0. The summed E-state index contributed by atoms with van der Waals surface area (Å²) >= 11 is 1.39. The Kier molecular flexibility index (Phi) is 7.29. The molecule has 1 amide bonds. The molecule has 3 rings (SSSR count). The number of nitrogens with zero attached hydrogens (tertiary/aromatic N) is 4. The highest BCUT2D eigenvalue weighted by Gasteiger charge is 2.24. The Morgan fingerprint density at radius 3 is 2.52 bits per heavy atom. The lowest BCUT2D eigenvalue weighted by Crippen LogP contribution is -2.43. The summed E-state index contributed by atoms with van der Waals surface area (Å²) in [6.07, 6.45) is 2.12. The van der Waals surface area contributed by atoms with Crippen LogP contribution in [0.3, 0.4) is 0 Å². The summed E-state index contributed by atoms with van der Waals surface area (Å²) in [5.74, 6) is 0.750. The zero-order valence-corrected chi connectivity index (χ0v) is 18.3. The topological polar surface area (TPSA) is 60.2 Å². The number of halogens is 1. The van der Waals surface area contributed by atoms with Crippen LogP contribution in [0.15, 0.2) is 29.4 Å². The van der Waals surface area contributed by atoms with Crippen molar-refractivity contribution in [3.63, 3.8) is 0 Å². The van der Waals surface area contributed by atoms with Gasteiger partial charge in [0.15, 0.2) is 11.0 Å². The second kappa shape index (κ2) is 9.71. The normalized spacial score (nSPS) is 16.7. The summed E-state index contributed by atoms with van der Waals surface area (Å²) in [7, 11) is 0. The average Bonchev–Trinajstić information content (AvgIpc) is 3.31. The molecule has 1 saturated heterocycles. The zero-order valence-electron chi connectivity index (χ0n) is 17.5. The lowest BCUT2D eigenvalue weighted by molar-refractivity contribution is -0.131. The molecule has 1 aromatic heterocycles. The first-order chi connectivity index (χ1) is 13.9. The molecule has 0 N–H and O–H groups in total. The van der Waals surface area contributed by atoms with Crippen molar-refractivity contribution in [2.45, 2.75) is 70.4 Å². The van der Waals surface area contributed by atoms with Crippen LogP contribution in [-0.4, -0.2) is 56.1 Å². The molecule has 1 aliphatic rings. The lowest BCUT2D eigenvalue weighted by atomic mass is 10.2. The molecule has 0 spiro atoms. The van der Waals surface area contributed by atoms with Gasteiger partial charge in [-0.1, -0.05) is 11.8 Å². The van der Waals surface area contributed by atoms with Gasteiger partial charge >= 0.3 is 0 Å². The van der Waals surface area contributed by atoms with Crippen molar-refractivity contribution in [3.05, 3.63) is 30.1 Å². The van der Waals surface area contributed by atoms with Crippen LogP contribution in [0.25, 0.3) is 11.4 Å². The number of thioether (sulfide) groups is 1. The summed E-state index contributed by atoms with van der Waals surface area (Å²) < 4.78 is 21.1. The van der Waals surface area contributed by atoms with E-state index < -0.39 is 0 Å². The monoisotopic (exact) mass is 420 g/mol. The van der Waals surface area contributed by atoms with Crippen LogP contribution in [0.2, 0.25) is 0 Å². The van der Waals surface area contributed by atoms with Crippen LogP contribution in [-0.2, 0) is 16.1 Å². The smallest absolute Gasteiger partial charge is 0.233 e. The molecule has 1 fully saturated rings. The van der Waals surface area contributed by atoms with Gasteiger partial charge in [-0.25, -0.2) is 4.39 Å². The van der Waals surface area contributed by atoms with E-state index in [9.17, 15) is 9.18 Å². The van der Waals surface area contributed by atoms with Crippen LogP contribution in [0.4, 0.5) is 4.39 Å². The molecule has 1 aliphatic heterocycles. The number of carbonyl (C=O) groups is 1. The highest BCUT2D eigenvalue weighted by atomic mass is 32.2. The van der Waals surface area contributed by atoms with Crippen LogP contribution >= 0.6 is 11.8 Å². The van der Waals surface area contributed by atoms with E-state index in [1.165, 1.54) is 23.9 Å². The fourth-order valence-corrected chi connectivity index (χ4v) is 4.55. The maximum absolute atomic E-state index is 13.3. The SMILES string of the molecule is CC(C)N(C(=O)CSc1nnc(-c2ccc(F)cc2)n1C[C@@H]1CCCO1)C(C)C. The Bertz CT molecular complexity index is 809. The molecular weight excluding hydrogens is 391 g/mol. The molecule has 0 radical (unpaired) electrons. The maximum Gasteiger partial charge on any atom is 0.233 e. The molecule has 0 bridgehead atoms. The highest BCUT2D eigenvalue weighted by molar-refractivity contribution is 7.99. The highest BCUT2D eigenvalue weighted by Crippen LogP contribution is 2.27. The van der Waals surface area contributed by atoms with Crippen LogP contribution in [0, 0.1) is 5.82 Å². The third kappa shape index (κ3) is 5.36. The molecule has 29 heavy (non-hydrogen) atoms. The summed E-state index contributed by atoms with van der Waals surface area (Å²) in [6.45, 7) is 9.47. The summed E-state index contributed by atoms with van der Waals surface area (Å²) in [6, 6.07) is 6.51. The van der Waals surface area contributed by atoms with Crippen molar-refractivity contribution in [2.24, 2.45) is 0 Å². The average molecular weight is 421 g/mol. The van der Waals surface area contributed by atoms with E-state index in [1.54, 1.807) is 12.1 Å². The molecule has 8 heteroatoms. The predicted molar refractivity (Wildman–Crippen MR) is 112 cm³/mol. The molecule has 158 valence electrons. The lowest BCUT2D eigenvalue weighted by Gasteiger charge is -2.30. The summed E-state index contributed by atoms with van der Waals surface area (Å²) in [5.41, 5.74) is 0.793. The maximum atomic E-state index is 13.3. The second-order valence-corrected chi connectivity index (χ2v) is 8.78. The number of hydrogen-bond acceptors (Lipinski definition) is 5. The quantitative estimate of drug-likeness (QED) is 0.604. The van der Waals surface area contributed by atoms with Gasteiger partial charge < -0.3 is 9.64 Å². The molecular formula is C21H29FN4O2S. The Labute approximate surface area is 175 Å². The van der Waals surface area contributed by atoms with Crippen LogP contribution < -0.4 is 0 Å². The van der Waals surface area contributed by atoms with Gasteiger partial charge in [0.25, 0.3) is 0 Å². The molecule has 2 heterocycles. The number of aromatic nitrogens is 3. The first-order valence-corrected chi connectivity index (χ1v) is 11.1. The minimum absolute atomic E-state index is 0.0787. The van der Waals surface area contributed by atoms with Crippen LogP contribution in [0.1, 0.15) is 40.5 Å². The van der Waals surface area contributed by atoms with Crippen molar-refractivity contribution in [2.75, 3.05) is 12.4 Å². The van der Waals surface area contributed by atoms with Gasteiger partial charge in [-0.3, -0.25) is 9.36 Å². The third-order valence-electron chi connectivity index (χ3n) is 4.95. The van der Waals surface area contributed by atoms with E-state index in [0.29, 0.717) is 23.3 Å². The van der Waals surface area contributed by atoms with Gasteiger partial charge in [0.1, 0.15) is 5.82 Å². The molecule has 2 aromatic rings. The summed E-state index contributed by atoms with van der Waals surface area (Å²) in [5, 5.41) is 9.36. The van der Waals surface area contributed by atoms with E-state index >= 15 is 0 Å². The Balaban J connectivity index is 1.82. The number of hydrogen-bond donors (Lipinski definition) is 0. The van der Waals surface area contributed by atoms with E-state index in [-0.39, 0.29) is 29.9 Å². The third-order valence-corrected chi connectivity index (χ3v) is 5.91. The van der Waals surface area contributed by atoms with Crippen molar-refractivity contribution < 1.29 is 13.9 Å². The molecule has 1 atom stereocenters. The minimum Gasteiger partial charge on any atom is -0.376 e. The fourth-order valence-electron chi connectivity index (χ4n) is 3.74. The van der Waals surface area contributed by atoms with Gasteiger partial charge in [-0.05, 0) is 64.8 Å². The Morgan fingerprint density at radius 2 is 1.93 bits per heavy atom. The van der Waals surface area contributed by atoms with Gasteiger partial charge in [-0.15, -0.1) is 10.2 Å². The molecule has 1 aromatic carbocycles. The fraction of sp³-hybridized carbons (Fsp3) is 0.571. The molecule has 6 nitrogen and oxygen atoms in total. The van der Waals surface area contributed by atoms with Crippen molar-refractivity contribution in [3.8, 4) is 11.4 Å². The largest absolute Gasteiger partial charge is 0.376 e. The van der Waals surface area contributed by atoms with Crippen molar-refractivity contribution in [1.29, 1.82) is 0 Å².